The van der Waals surface area contributed by atoms with Crippen LogP contribution in [0, 0.1) is 0 Å². The van der Waals surface area contributed by atoms with Gasteiger partial charge in [-0.3, -0.25) is 4.79 Å². The van der Waals surface area contributed by atoms with Crippen molar-refractivity contribution in [1.82, 2.24) is 0 Å². The van der Waals surface area contributed by atoms with Crippen LogP contribution in [0.2, 0.25) is 0 Å². The van der Waals surface area contributed by atoms with Crippen molar-refractivity contribution < 1.29 is 14.6 Å². The molecule has 0 aromatic heterocycles. The fourth-order valence-corrected chi connectivity index (χ4v) is 3.53. The van der Waals surface area contributed by atoms with Crippen molar-refractivity contribution in [1.29, 1.82) is 0 Å². The van der Waals surface area contributed by atoms with Gasteiger partial charge in [-0.1, -0.05) is 54.6 Å². The third-order valence-electron chi connectivity index (χ3n) is 4.56. The van der Waals surface area contributed by atoms with E-state index in [-0.39, 0.29) is 22.9 Å². The Balaban J connectivity index is 1.83. The summed E-state index contributed by atoms with van der Waals surface area (Å²) in [7, 11) is 0. The van der Waals surface area contributed by atoms with Crippen LogP contribution in [0.4, 0.5) is 0 Å². The molecule has 0 bridgehead atoms. The number of allylic oxidation sites excluding steroid dienone is 1. The van der Waals surface area contributed by atoms with Gasteiger partial charge in [-0.05, 0) is 34.4 Å². The average Bonchev–Trinajstić information content (AvgIpc) is 3.11. The van der Waals surface area contributed by atoms with E-state index in [9.17, 15) is 9.90 Å². The van der Waals surface area contributed by atoms with Gasteiger partial charge in [-0.25, -0.2) is 0 Å². The minimum atomic E-state index is -0.274. The first-order chi connectivity index (χ1) is 11.8. The number of ketones is 1. The van der Waals surface area contributed by atoms with E-state index >= 15 is 0 Å². The molecule has 0 unspecified atom stereocenters. The van der Waals surface area contributed by atoms with Gasteiger partial charge in [0.2, 0.25) is 5.78 Å². The quantitative estimate of drug-likeness (QED) is 0.489. The van der Waals surface area contributed by atoms with Crippen molar-refractivity contribution in [3.63, 3.8) is 0 Å². The Morgan fingerprint density at radius 3 is 1.88 bits per heavy atom. The van der Waals surface area contributed by atoms with Crippen molar-refractivity contribution >= 4 is 11.4 Å². The van der Waals surface area contributed by atoms with E-state index in [2.05, 4.69) is 0 Å². The Hall–Kier alpha value is -3.33. The third-order valence-corrected chi connectivity index (χ3v) is 4.56. The molecule has 0 fully saturated rings. The first-order valence-corrected chi connectivity index (χ1v) is 7.73. The number of aromatic hydroxyl groups is 1. The maximum Gasteiger partial charge on any atom is 0.236 e. The zero-order valence-electron chi connectivity index (χ0n) is 12.6. The molecule has 0 amide bonds. The predicted octanol–water partition coefficient (Wildman–Crippen LogP) is 4.41. The number of benzene rings is 3. The molecule has 24 heavy (non-hydrogen) atoms. The summed E-state index contributed by atoms with van der Waals surface area (Å²) in [5, 5.41) is 10.0. The van der Waals surface area contributed by atoms with Gasteiger partial charge in [-0.15, -0.1) is 0 Å². The molecule has 3 aromatic carbocycles. The molecule has 1 heterocycles. The number of ether oxygens (including phenoxy) is 1. The maximum atomic E-state index is 12.9. The van der Waals surface area contributed by atoms with E-state index in [0.29, 0.717) is 5.75 Å². The van der Waals surface area contributed by atoms with Crippen LogP contribution < -0.4 is 4.74 Å². The SMILES string of the molecule is O=C1C(=C2c3ccccc3-c3ccccc32)Oc2cccc(O)c21. The van der Waals surface area contributed by atoms with Crippen LogP contribution in [0.3, 0.4) is 0 Å². The van der Waals surface area contributed by atoms with Gasteiger partial charge in [0.25, 0.3) is 0 Å². The minimum Gasteiger partial charge on any atom is -0.507 e. The minimum absolute atomic E-state index is 0.0485. The number of carbonyl (C=O) groups is 1. The summed E-state index contributed by atoms with van der Waals surface area (Å²) < 4.78 is 5.87. The molecule has 2 aliphatic rings. The molecule has 0 saturated heterocycles. The van der Waals surface area contributed by atoms with Gasteiger partial charge in [0.05, 0.1) is 0 Å². The molecular formula is C21H12O3. The summed E-state index contributed by atoms with van der Waals surface area (Å²) in [6, 6.07) is 20.8. The summed E-state index contributed by atoms with van der Waals surface area (Å²) in [5.74, 6) is 0.366. The highest BCUT2D eigenvalue weighted by molar-refractivity contribution is 6.21. The molecule has 0 spiro atoms. The van der Waals surface area contributed by atoms with Gasteiger partial charge in [-0.2, -0.15) is 0 Å². The van der Waals surface area contributed by atoms with Crippen molar-refractivity contribution in [3.8, 4) is 22.6 Å². The number of hydrogen-bond donors (Lipinski definition) is 1. The van der Waals surface area contributed by atoms with E-state index in [1.807, 2.05) is 48.5 Å². The smallest absolute Gasteiger partial charge is 0.236 e. The highest BCUT2D eigenvalue weighted by Crippen LogP contribution is 2.48. The number of carbonyl (C=O) groups excluding carboxylic acids is 1. The Bertz CT molecular complexity index is 1010. The lowest BCUT2D eigenvalue weighted by Gasteiger charge is -2.06. The zero-order valence-corrected chi connectivity index (χ0v) is 12.6. The van der Waals surface area contributed by atoms with E-state index in [0.717, 1.165) is 27.8 Å². The van der Waals surface area contributed by atoms with E-state index in [4.69, 9.17) is 4.74 Å². The summed E-state index contributed by atoms with van der Waals surface area (Å²) in [6.07, 6.45) is 0. The predicted molar refractivity (Wildman–Crippen MR) is 91.0 cm³/mol. The highest BCUT2D eigenvalue weighted by atomic mass is 16.5. The van der Waals surface area contributed by atoms with Crippen LogP contribution in [0.5, 0.6) is 11.5 Å². The molecule has 1 aliphatic heterocycles. The zero-order chi connectivity index (χ0) is 16.3. The fraction of sp³-hybridized carbons (Fsp3) is 0. The van der Waals surface area contributed by atoms with Crippen LogP contribution in [0.25, 0.3) is 16.7 Å². The molecule has 1 aliphatic carbocycles. The van der Waals surface area contributed by atoms with Crippen LogP contribution in [0.1, 0.15) is 21.5 Å². The topological polar surface area (TPSA) is 46.5 Å². The first kappa shape index (κ1) is 13.1. The molecule has 114 valence electrons. The molecular weight excluding hydrogens is 300 g/mol. The largest absolute Gasteiger partial charge is 0.507 e. The summed E-state index contributed by atoms with van der Waals surface area (Å²) >= 11 is 0. The molecule has 3 aromatic rings. The number of hydrogen-bond acceptors (Lipinski definition) is 3. The highest BCUT2D eigenvalue weighted by Gasteiger charge is 2.36. The van der Waals surface area contributed by atoms with E-state index in [1.54, 1.807) is 12.1 Å². The lowest BCUT2D eigenvalue weighted by Crippen LogP contribution is -2.03. The number of rotatable bonds is 0. The maximum absolute atomic E-state index is 12.9. The number of phenolic OH excluding ortho intramolecular Hbond substituents is 1. The average molecular weight is 312 g/mol. The van der Waals surface area contributed by atoms with Gasteiger partial charge in [0.1, 0.15) is 17.1 Å². The summed E-state index contributed by atoms with van der Waals surface area (Å²) in [4.78, 5) is 12.9. The van der Waals surface area contributed by atoms with Crippen molar-refractivity contribution in [2.24, 2.45) is 0 Å². The Kier molecular flexibility index (Phi) is 2.51. The molecule has 1 N–H and O–H groups in total. The summed E-state index contributed by atoms with van der Waals surface area (Å²) in [6.45, 7) is 0. The normalized spacial score (nSPS) is 14.2. The Morgan fingerprint density at radius 2 is 1.29 bits per heavy atom. The number of phenols is 1. The van der Waals surface area contributed by atoms with Gasteiger partial charge in [0.15, 0.2) is 5.76 Å². The third kappa shape index (κ3) is 1.58. The summed E-state index contributed by atoms with van der Waals surface area (Å²) in [5.41, 5.74) is 5.17. The standard InChI is InChI=1S/C21H12O3/c22-16-10-5-11-17-19(16)20(23)21(24-17)18-14-8-3-1-6-12(14)13-7-2-4-9-15(13)18/h1-11,22H. The van der Waals surface area contributed by atoms with Crippen molar-refractivity contribution in [2.45, 2.75) is 0 Å². The molecule has 0 atom stereocenters. The van der Waals surface area contributed by atoms with Gasteiger partial charge in [0, 0.05) is 5.57 Å². The second kappa shape index (κ2) is 4.59. The lowest BCUT2D eigenvalue weighted by molar-refractivity contribution is 0.101. The van der Waals surface area contributed by atoms with Crippen LogP contribution >= 0.6 is 0 Å². The molecule has 3 nitrogen and oxygen atoms in total. The molecule has 0 saturated carbocycles. The van der Waals surface area contributed by atoms with Gasteiger partial charge >= 0.3 is 0 Å². The first-order valence-electron chi connectivity index (χ1n) is 7.73. The van der Waals surface area contributed by atoms with Crippen molar-refractivity contribution in [2.75, 3.05) is 0 Å². The number of Topliss-reactive ketones (excluding diaryl/α,β-unsaturated/α-hetero) is 1. The van der Waals surface area contributed by atoms with E-state index in [1.165, 1.54) is 6.07 Å². The number of fused-ring (bicyclic) bond motifs is 4. The fourth-order valence-electron chi connectivity index (χ4n) is 3.53. The monoisotopic (exact) mass is 312 g/mol. The van der Waals surface area contributed by atoms with Crippen molar-refractivity contribution in [3.05, 3.63) is 89.2 Å². The molecule has 3 heteroatoms. The Morgan fingerprint density at radius 1 is 0.708 bits per heavy atom. The second-order valence-corrected chi connectivity index (χ2v) is 5.88. The van der Waals surface area contributed by atoms with Crippen LogP contribution in [-0.2, 0) is 0 Å². The van der Waals surface area contributed by atoms with Crippen LogP contribution in [0.15, 0.2) is 72.5 Å². The van der Waals surface area contributed by atoms with Crippen LogP contribution in [-0.4, -0.2) is 10.9 Å². The second-order valence-electron chi connectivity index (χ2n) is 5.88. The molecule has 5 rings (SSSR count). The lowest BCUT2D eigenvalue weighted by atomic mass is 9.99. The Labute approximate surface area is 138 Å². The van der Waals surface area contributed by atoms with E-state index < -0.39 is 0 Å². The molecule has 0 radical (unpaired) electrons. The van der Waals surface area contributed by atoms with Gasteiger partial charge < -0.3 is 9.84 Å².